The molecule has 1 heterocycles. The van der Waals surface area contributed by atoms with Crippen molar-refractivity contribution in [1.82, 2.24) is 9.80 Å². The molecule has 2 rings (SSSR count). The average molecular weight is 300 g/mol. The average Bonchev–Trinajstić information content (AvgIpc) is 2.46. The molecule has 0 unspecified atom stereocenters. The number of benzene rings is 1. The van der Waals surface area contributed by atoms with Crippen LogP contribution in [-0.4, -0.2) is 65.4 Å². The van der Waals surface area contributed by atoms with E-state index in [4.69, 9.17) is 5.11 Å². The first-order chi connectivity index (χ1) is 10.1. The van der Waals surface area contributed by atoms with E-state index in [2.05, 4.69) is 9.80 Å². The summed E-state index contributed by atoms with van der Waals surface area (Å²) < 4.78 is 26.2. The summed E-state index contributed by atoms with van der Waals surface area (Å²) in [5.74, 6) is -1.66. The summed E-state index contributed by atoms with van der Waals surface area (Å²) in [4.78, 5) is 4.33. The van der Waals surface area contributed by atoms with Gasteiger partial charge in [0.2, 0.25) is 0 Å². The molecule has 0 aromatic heterocycles. The number of nitrogens with zero attached hydrogens (tertiary/aromatic N) is 2. The highest BCUT2D eigenvalue weighted by Gasteiger charge is 2.26. The fraction of sp³-hybridized carbons (Fsp3) is 0.600. The maximum absolute atomic E-state index is 13.3. The molecule has 4 nitrogen and oxygen atoms in total. The molecule has 0 bridgehead atoms. The van der Waals surface area contributed by atoms with Gasteiger partial charge in [0, 0.05) is 45.4 Å². The molecule has 1 aromatic carbocycles. The predicted molar refractivity (Wildman–Crippen MR) is 75.8 cm³/mol. The molecule has 0 spiro atoms. The van der Waals surface area contributed by atoms with Gasteiger partial charge in [-0.15, -0.1) is 0 Å². The topological polar surface area (TPSA) is 46.9 Å². The molecule has 21 heavy (non-hydrogen) atoms. The number of hydrogen-bond acceptors (Lipinski definition) is 4. The summed E-state index contributed by atoms with van der Waals surface area (Å²) in [6, 6.07) is 4.12. The van der Waals surface area contributed by atoms with Gasteiger partial charge in [0.1, 0.15) is 0 Å². The van der Waals surface area contributed by atoms with Crippen molar-refractivity contribution in [3.63, 3.8) is 0 Å². The first-order valence-corrected chi connectivity index (χ1v) is 7.26. The van der Waals surface area contributed by atoms with Crippen LogP contribution in [0.15, 0.2) is 18.2 Å². The standard InChI is InChI=1S/C15H22F2N2O2/c16-14-2-1-12(9-15(14)17)10-19-5-4-18(6-8-21)11-13(19)3-7-20/h1-2,9,13,20-21H,3-8,10-11H2/t13-/m0/s1. The molecule has 0 aliphatic carbocycles. The summed E-state index contributed by atoms with van der Waals surface area (Å²) in [6.07, 6.45) is 0.631. The van der Waals surface area contributed by atoms with Crippen molar-refractivity contribution in [3.8, 4) is 0 Å². The van der Waals surface area contributed by atoms with E-state index >= 15 is 0 Å². The Kier molecular flexibility index (Phi) is 6.05. The van der Waals surface area contributed by atoms with Crippen LogP contribution in [0.5, 0.6) is 0 Å². The number of hydrogen-bond donors (Lipinski definition) is 2. The van der Waals surface area contributed by atoms with E-state index in [1.807, 2.05) is 0 Å². The molecule has 1 atom stereocenters. The van der Waals surface area contributed by atoms with Crippen LogP contribution >= 0.6 is 0 Å². The Balaban J connectivity index is 2.01. The van der Waals surface area contributed by atoms with Gasteiger partial charge >= 0.3 is 0 Å². The van der Waals surface area contributed by atoms with Crippen LogP contribution < -0.4 is 0 Å². The van der Waals surface area contributed by atoms with Crippen molar-refractivity contribution < 1.29 is 19.0 Å². The van der Waals surface area contributed by atoms with Gasteiger partial charge in [-0.2, -0.15) is 0 Å². The first-order valence-electron chi connectivity index (χ1n) is 7.26. The Morgan fingerprint density at radius 3 is 2.57 bits per heavy atom. The highest BCUT2D eigenvalue weighted by molar-refractivity contribution is 5.18. The van der Waals surface area contributed by atoms with Crippen LogP contribution in [0.4, 0.5) is 8.78 Å². The van der Waals surface area contributed by atoms with Crippen LogP contribution in [0.2, 0.25) is 0 Å². The van der Waals surface area contributed by atoms with Crippen LogP contribution in [0.1, 0.15) is 12.0 Å². The third-order valence-electron chi connectivity index (χ3n) is 3.94. The number of piperazine rings is 1. The van der Waals surface area contributed by atoms with Gasteiger partial charge in [0.25, 0.3) is 0 Å². The van der Waals surface area contributed by atoms with Crippen LogP contribution in [0.3, 0.4) is 0 Å². The lowest BCUT2D eigenvalue weighted by Gasteiger charge is -2.41. The highest BCUT2D eigenvalue weighted by atomic mass is 19.2. The lowest BCUT2D eigenvalue weighted by Crippen LogP contribution is -2.53. The Bertz CT molecular complexity index is 459. The van der Waals surface area contributed by atoms with Crippen molar-refractivity contribution >= 4 is 0 Å². The maximum Gasteiger partial charge on any atom is 0.159 e. The van der Waals surface area contributed by atoms with E-state index in [0.29, 0.717) is 19.5 Å². The molecule has 1 aliphatic heterocycles. The molecule has 0 amide bonds. The van der Waals surface area contributed by atoms with Crippen LogP contribution in [-0.2, 0) is 6.54 Å². The molecular weight excluding hydrogens is 278 g/mol. The van der Waals surface area contributed by atoms with Gasteiger partial charge in [0.05, 0.1) is 6.61 Å². The number of rotatable bonds is 6. The quantitative estimate of drug-likeness (QED) is 0.817. The molecule has 1 aromatic rings. The summed E-state index contributed by atoms with van der Waals surface area (Å²) in [5.41, 5.74) is 0.729. The van der Waals surface area contributed by atoms with E-state index in [0.717, 1.165) is 31.3 Å². The van der Waals surface area contributed by atoms with Crippen molar-refractivity contribution in [1.29, 1.82) is 0 Å². The van der Waals surface area contributed by atoms with E-state index in [-0.39, 0.29) is 19.3 Å². The summed E-state index contributed by atoms with van der Waals surface area (Å²) in [6.45, 7) is 3.75. The minimum atomic E-state index is -0.835. The molecule has 0 radical (unpaired) electrons. The third kappa shape index (κ3) is 4.44. The van der Waals surface area contributed by atoms with Crippen molar-refractivity contribution in [2.45, 2.75) is 19.0 Å². The Labute approximate surface area is 123 Å². The second kappa shape index (κ2) is 7.79. The third-order valence-corrected chi connectivity index (χ3v) is 3.94. The fourth-order valence-electron chi connectivity index (χ4n) is 2.81. The van der Waals surface area contributed by atoms with E-state index in [1.54, 1.807) is 6.07 Å². The van der Waals surface area contributed by atoms with E-state index in [1.165, 1.54) is 6.07 Å². The zero-order valence-electron chi connectivity index (χ0n) is 12.0. The molecule has 118 valence electrons. The van der Waals surface area contributed by atoms with Crippen molar-refractivity contribution in [2.75, 3.05) is 39.4 Å². The van der Waals surface area contributed by atoms with Gasteiger partial charge in [-0.25, -0.2) is 8.78 Å². The Morgan fingerprint density at radius 1 is 1.10 bits per heavy atom. The molecule has 1 aliphatic rings. The van der Waals surface area contributed by atoms with Gasteiger partial charge in [0.15, 0.2) is 11.6 Å². The minimum Gasteiger partial charge on any atom is -0.396 e. The second-order valence-electron chi connectivity index (χ2n) is 5.41. The van der Waals surface area contributed by atoms with Crippen molar-refractivity contribution in [2.24, 2.45) is 0 Å². The van der Waals surface area contributed by atoms with Gasteiger partial charge in [-0.05, 0) is 24.1 Å². The number of aliphatic hydroxyl groups excluding tert-OH is 2. The molecular formula is C15H22F2N2O2. The molecule has 1 fully saturated rings. The van der Waals surface area contributed by atoms with E-state index < -0.39 is 11.6 Å². The van der Waals surface area contributed by atoms with Crippen molar-refractivity contribution in [3.05, 3.63) is 35.4 Å². The second-order valence-corrected chi connectivity index (χ2v) is 5.41. The lowest BCUT2D eigenvalue weighted by molar-refractivity contribution is 0.0454. The SMILES string of the molecule is OCC[C@H]1CN(CCO)CCN1Cc1ccc(F)c(F)c1. The number of β-amino-alcohol motifs (C(OH)–C–C–N with tert-alkyl or cyclic N) is 1. The number of halogens is 2. The smallest absolute Gasteiger partial charge is 0.159 e. The summed E-state index contributed by atoms with van der Waals surface area (Å²) in [7, 11) is 0. The molecule has 1 saturated heterocycles. The minimum absolute atomic E-state index is 0.0892. The first kappa shape index (κ1) is 16.3. The largest absolute Gasteiger partial charge is 0.396 e. The predicted octanol–water partition coefficient (Wildman–Crippen LogP) is 0.826. The highest BCUT2D eigenvalue weighted by Crippen LogP contribution is 2.17. The monoisotopic (exact) mass is 300 g/mol. The van der Waals surface area contributed by atoms with Crippen LogP contribution in [0, 0.1) is 11.6 Å². The van der Waals surface area contributed by atoms with Crippen LogP contribution in [0.25, 0.3) is 0 Å². The zero-order chi connectivity index (χ0) is 15.2. The Hall–Kier alpha value is -1.08. The fourth-order valence-corrected chi connectivity index (χ4v) is 2.81. The molecule has 2 N–H and O–H groups in total. The Morgan fingerprint density at radius 2 is 1.90 bits per heavy atom. The zero-order valence-corrected chi connectivity index (χ0v) is 12.0. The summed E-state index contributed by atoms with van der Waals surface area (Å²) in [5, 5.41) is 18.2. The lowest BCUT2D eigenvalue weighted by atomic mass is 10.1. The van der Waals surface area contributed by atoms with Gasteiger partial charge < -0.3 is 10.2 Å². The molecule has 0 saturated carbocycles. The normalized spacial score (nSPS) is 20.9. The maximum atomic E-state index is 13.3. The van der Waals surface area contributed by atoms with E-state index in [9.17, 15) is 13.9 Å². The summed E-state index contributed by atoms with van der Waals surface area (Å²) >= 11 is 0. The van der Waals surface area contributed by atoms with Gasteiger partial charge in [-0.3, -0.25) is 9.80 Å². The van der Waals surface area contributed by atoms with Gasteiger partial charge in [-0.1, -0.05) is 6.07 Å². The number of aliphatic hydroxyl groups is 2. The molecule has 6 heteroatoms.